The molecule has 0 N–H and O–H groups in total. The fraction of sp³-hybridized carbons (Fsp3) is 0.273. The highest BCUT2D eigenvalue weighted by molar-refractivity contribution is 9.09. The molecule has 0 fully saturated rings. The second-order valence-corrected chi connectivity index (χ2v) is 7.50. The van der Waals surface area contributed by atoms with Crippen molar-refractivity contribution in [3.8, 4) is 34.8 Å². The monoisotopic (exact) mass is 504 g/mol. The smallest absolute Gasteiger partial charge is 0.231 e. The molecule has 2 heterocycles. The second-order valence-electron chi connectivity index (χ2n) is 6.38. The van der Waals surface area contributed by atoms with E-state index in [4.69, 9.17) is 18.9 Å². The lowest BCUT2D eigenvalue weighted by atomic mass is 9.96. The van der Waals surface area contributed by atoms with Crippen LogP contribution in [0.4, 0.5) is 0 Å². The van der Waals surface area contributed by atoms with E-state index in [1.165, 1.54) is 11.1 Å². The van der Waals surface area contributed by atoms with Gasteiger partial charge >= 0.3 is 0 Å². The van der Waals surface area contributed by atoms with Gasteiger partial charge in [-0.05, 0) is 47.4 Å². The Balaban J connectivity index is 1.62. The van der Waals surface area contributed by atoms with Crippen LogP contribution >= 0.6 is 31.9 Å². The lowest BCUT2D eigenvalue weighted by molar-refractivity contribution is 0.173. The molecule has 4 rings (SSSR count). The Morgan fingerprint density at radius 3 is 1.93 bits per heavy atom. The number of benzene rings is 2. The first kappa shape index (κ1) is 19.2. The Bertz CT molecular complexity index is 972. The summed E-state index contributed by atoms with van der Waals surface area (Å²) < 4.78 is 21.8. The lowest BCUT2D eigenvalue weighted by Gasteiger charge is -2.11. The molecule has 2 aliphatic rings. The highest BCUT2D eigenvalue weighted by Gasteiger charge is 2.16. The third-order valence-electron chi connectivity index (χ3n) is 4.57. The summed E-state index contributed by atoms with van der Waals surface area (Å²) in [5, 5.41) is 1.38. The zero-order valence-electron chi connectivity index (χ0n) is 15.1. The lowest BCUT2D eigenvalue weighted by Crippen LogP contribution is -2.01. The Kier molecular flexibility index (Phi) is 6.13. The van der Waals surface area contributed by atoms with E-state index in [-0.39, 0.29) is 13.6 Å². The largest absolute Gasteiger partial charge is 0.454 e. The molecule has 0 unspecified atom stereocenters. The van der Waals surface area contributed by atoms with Crippen molar-refractivity contribution < 1.29 is 18.9 Å². The van der Waals surface area contributed by atoms with Gasteiger partial charge in [0, 0.05) is 17.3 Å². The van der Waals surface area contributed by atoms with Gasteiger partial charge in [-0.15, -0.1) is 0 Å². The molecule has 28 heavy (non-hydrogen) atoms. The summed E-state index contributed by atoms with van der Waals surface area (Å²) >= 11 is 7.05. The minimum absolute atomic E-state index is 0.279. The second kappa shape index (κ2) is 8.93. The third-order valence-corrected chi connectivity index (χ3v) is 5.52. The van der Waals surface area contributed by atoms with Gasteiger partial charge in [0.2, 0.25) is 13.6 Å². The van der Waals surface area contributed by atoms with E-state index in [9.17, 15) is 0 Å². The Morgan fingerprint density at radius 2 is 1.36 bits per heavy atom. The van der Waals surface area contributed by atoms with Crippen LogP contribution in [-0.2, 0) is 12.8 Å². The van der Waals surface area contributed by atoms with Crippen LogP contribution in [0.2, 0.25) is 0 Å². The van der Waals surface area contributed by atoms with E-state index in [2.05, 4.69) is 55.8 Å². The number of fused-ring (bicyclic) bond motifs is 2. The van der Waals surface area contributed by atoms with Crippen LogP contribution in [0.5, 0.6) is 23.0 Å². The van der Waals surface area contributed by atoms with E-state index in [1.807, 2.05) is 24.3 Å². The number of rotatable bonds is 5. The first-order valence-corrected chi connectivity index (χ1v) is 11.1. The minimum Gasteiger partial charge on any atom is -0.454 e. The van der Waals surface area contributed by atoms with Crippen molar-refractivity contribution in [2.75, 3.05) is 24.2 Å². The molecule has 0 amide bonds. The van der Waals surface area contributed by atoms with Gasteiger partial charge in [-0.2, -0.15) is 0 Å². The highest BCUT2D eigenvalue weighted by Crippen LogP contribution is 2.35. The van der Waals surface area contributed by atoms with E-state index < -0.39 is 0 Å². The van der Waals surface area contributed by atoms with Crippen LogP contribution in [0.25, 0.3) is 0 Å². The average Bonchev–Trinajstić information content (AvgIpc) is 3.37. The van der Waals surface area contributed by atoms with Crippen LogP contribution < -0.4 is 18.9 Å². The molecule has 0 aromatic heterocycles. The van der Waals surface area contributed by atoms with E-state index in [1.54, 1.807) is 0 Å². The van der Waals surface area contributed by atoms with Crippen LogP contribution in [0.1, 0.15) is 11.1 Å². The molecule has 6 heteroatoms. The first-order chi connectivity index (χ1) is 13.8. The zero-order chi connectivity index (χ0) is 19.3. The van der Waals surface area contributed by atoms with Gasteiger partial charge in [-0.1, -0.05) is 55.8 Å². The summed E-state index contributed by atoms with van der Waals surface area (Å²) in [6.07, 6.45) is 1.53. The predicted molar refractivity (Wildman–Crippen MR) is 115 cm³/mol. The summed E-state index contributed by atoms with van der Waals surface area (Å²) in [7, 11) is 0. The molecular weight excluding hydrogens is 488 g/mol. The fourth-order valence-corrected chi connectivity index (χ4v) is 3.86. The normalized spacial score (nSPS) is 14.4. The summed E-state index contributed by atoms with van der Waals surface area (Å²) in [6, 6.07) is 12.1. The molecule has 4 nitrogen and oxygen atoms in total. The van der Waals surface area contributed by atoms with Gasteiger partial charge in [0.15, 0.2) is 23.0 Å². The maximum absolute atomic E-state index is 5.51. The van der Waals surface area contributed by atoms with Crippen molar-refractivity contribution >= 4 is 31.9 Å². The number of alkyl halides is 2. The number of halogens is 2. The van der Waals surface area contributed by atoms with Gasteiger partial charge in [0.25, 0.3) is 0 Å². The summed E-state index contributed by atoms with van der Waals surface area (Å²) in [5.41, 5.74) is 4.66. The maximum atomic E-state index is 5.51. The van der Waals surface area contributed by atoms with Gasteiger partial charge in [-0.25, -0.2) is 0 Å². The molecule has 0 saturated carbocycles. The summed E-state index contributed by atoms with van der Waals surface area (Å²) in [6.45, 7) is 0.563. The van der Waals surface area contributed by atoms with Gasteiger partial charge in [0.05, 0.1) is 5.33 Å². The standard InChI is InChI=1S/C22H18Br2O4/c23-7-1-2-17(8-15-3-5-19-21(10-15)27-13-25-19)18(12-24)9-16-4-6-20-22(11-16)28-14-26-20/h3-6,10-11H,7-9,12-14H2/b18-17-. The van der Waals surface area contributed by atoms with Gasteiger partial charge in [0.1, 0.15) is 0 Å². The topological polar surface area (TPSA) is 36.9 Å². The number of hydrogen-bond acceptors (Lipinski definition) is 4. The Hall–Kier alpha value is -2.10. The SMILES string of the molecule is BrCC#C/C(Cc1ccc2c(c1)OCO2)=C(/CBr)Cc1ccc2c(c1)OCO2. The Labute approximate surface area is 181 Å². The molecule has 0 saturated heterocycles. The average molecular weight is 506 g/mol. The van der Waals surface area contributed by atoms with Crippen molar-refractivity contribution in [1.29, 1.82) is 0 Å². The molecule has 2 aromatic carbocycles. The number of hydrogen-bond donors (Lipinski definition) is 0. The van der Waals surface area contributed by atoms with Crippen molar-refractivity contribution in [3.63, 3.8) is 0 Å². The van der Waals surface area contributed by atoms with E-state index >= 15 is 0 Å². The zero-order valence-corrected chi connectivity index (χ0v) is 18.3. The summed E-state index contributed by atoms with van der Waals surface area (Å²) in [5.74, 6) is 9.67. The maximum Gasteiger partial charge on any atom is 0.231 e. The molecule has 0 radical (unpaired) electrons. The molecular formula is C22H18Br2O4. The van der Waals surface area contributed by atoms with Crippen molar-refractivity contribution in [2.45, 2.75) is 12.8 Å². The van der Waals surface area contributed by atoms with E-state index in [0.717, 1.165) is 52.3 Å². The number of allylic oxidation sites excluding steroid dienone is 2. The molecule has 0 spiro atoms. The van der Waals surface area contributed by atoms with Crippen LogP contribution in [0.15, 0.2) is 47.5 Å². The molecule has 2 aliphatic heterocycles. The molecule has 144 valence electrons. The van der Waals surface area contributed by atoms with E-state index in [0.29, 0.717) is 5.33 Å². The predicted octanol–water partition coefficient (Wildman–Crippen LogP) is 5.02. The molecule has 0 atom stereocenters. The van der Waals surface area contributed by atoms with Crippen molar-refractivity contribution in [1.82, 2.24) is 0 Å². The van der Waals surface area contributed by atoms with Crippen LogP contribution in [0.3, 0.4) is 0 Å². The quantitative estimate of drug-likeness (QED) is 0.422. The molecule has 0 bridgehead atoms. The van der Waals surface area contributed by atoms with Gasteiger partial charge in [-0.3, -0.25) is 0 Å². The number of ether oxygens (including phenoxy) is 4. The molecule has 0 aliphatic carbocycles. The van der Waals surface area contributed by atoms with Gasteiger partial charge < -0.3 is 18.9 Å². The van der Waals surface area contributed by atoms with Crippen molar-refractivity contribution in [2.24, 2.45) is 0 Å². The fourth-order valence-electron chi connectivity index (χ4n) is 3.18. The third kappa shape index (κ3) is 4.31. The molecule has 2 aromatic rings. The van der Waals surface area contributed by atoms with Crippen LogP contribution in [0, 0.1) is 11.8 Å². The highest BCUT2D eigenvalue weighted by atomic mass is 79.9. The van der Waals surface area contributed by atoms with Crippen molar-refractivity contribution in [3.05, 3.63) is 58.7 Å². The minimum atomic E-state index is 0.279. The first-order valence-electron chi connectivity index (χ1n) is 8.85. The Morgan fingerprint density at radius 1 is 0.786 bits per heavy atom. The summed E-state index contributed by atoms with van der Waals surface area (Å²) in [4.78, 5) is 0. The van der Waals surface area contributed by atoms with Crippen LogP contribution in [-0.4, -0.2) is 24.2 Å².